The van der Waals surface area contributed by atoms with E-state index in [2.05, 4.69) is 72.4 Å². The number of hydrogen-bond acceptors (Lipinski definition) is 4. The van der Waals surface area contributed by atoms with Gasteiger partial charge >= 0.3 is 0 Å². The molecular weight excluding hydrogens is 384 g/mol. The highest BCUT2D eigenvalue weighted by molar-refractivity contribution is 8.22. The maximum atomic E-state index is 9.55. The predicted molar refractivity (Wildman–Crippen MR) is 122 cm³/mol. The molecule has 0 spiro atoms. The number of methoxy groups -OCH3 is 1. The highest BCUT2D eigenvalue weighted by Crippen LogP contribution is 2.63. The van der Waals surface area contributed by atoms with E-state index in [0.717, 1.165) is 11.5 Å². The molecule has 4 rings (SSSR count). The third-order valence-corrected chi connectivity index (χ3v) is 9.33. The molecule has 0 radical (unpaired) electrons. The SMILES string of the molecule is COc1ccc(C2C=C(c3ccccc3)SC3(SCCO)CCCCC23)cc1. The highest BCUT2D eigenvalue weighted by Gasteiger charge is 2.48. The molecule has 2 aromatic carbocycles. The van der Waals surface area contributed by atoms with E-state index in [0.29, 0.717) is 11.8 Å². The van der Waals surface area contributed by atoms with E-state index in [9.17, 15) is 5.11 Å². The van der Waals surface area contributed by atoms with Crippen molar-refractivity contribution in [2.75, 3.05) is 19.5 Å². The molecule has 0 saturated heterocycles. The van der Waals surface area contributed by atoms with Gasteiger partial charge in [-0.1, -0.05) is 61.4 Å². The Hall–Kier alpha value is -1.36. The van der Waals surface area contributed by atoms with Crippen LogP contribution in [0.2, 0.25) is 0 Å². The van der Waals surface area contributed by atoms with Crippen LogP contribution in [0.15, 0.2) is 60.7 Å². The lowest BCUT2D eigenvalue weighted by Gasteiger charge is -2.49. The van der Waals surface area contributed by atoms with Crippen molar-refractivity contribution in [3.05, 3.63) is 71.8 Å². The molecule has 1 heterocycles. The fourth-order valence-corrected chi connectivity index (χ4v) is 8.02. The Balaban J connectivity index is 1.77. The first kappa shape index (κ1) is 19.9. The van der Waals surface area contributed by atoms with E-state index in [1.54, 1.807) is 7.11 Å². The number of ether oxygens (including phenoxy) is 1. The number of rotatable bonds is 6. The van der Waals surface area contributed by atoms with Crippen LogP contribution < -0.4 is 4.74 Å². The molecule has 2 aliphatic rings. The molecule has 3 atom stereocenters. The Morgan fingerprint density at radius 1 is 1.11 bits per heavy atom. The van der Waals surface area contributed by atoms with Crippen molar-refractivity contribution in [2.24, 2.45) is 5.92 Å². The van der Waals surface area contributed by atoms with E-state index in [1.807, 2.05) is 11.8 Å². The lowest BCUT2D eigenvalue weighted by atomic mass is 9.75. The predicted octanol–water partition coefficient (Wildman–Crippen LogP) is 6.18. The van der Waals surface area contributed by atoms with E-state index in [4.69, 9.17) is 4.74 Å². The minimum Gasteiger partial charge on any atom is -0.497 e. The van der Waals surface area contributed by atoms with Gasteiger partial charge in [-0.15, -0.1) is 23.5 Å². The first-order valence-corrected chi connectivity index (χ1v) is 11.9. The Kier molecular flexibility index (Phi) is 6.39. The Labute approximate surface area is 176 Å². The summed E-state index contributed by atoms with van der Waals surface area (Å²) < 4.78 is 5.52. The van der Waals surface area contributed by atoms with Gasteiger partial charge in [0.05, 0.1) is 17.8 Å². The third-order valence-electron chi connectivity index (χ3n) is 5.90. The van der Waals surface area contributed by atoms with Gasteiger partial charge in [0.15, 0.2) is 0 Å². The maximum absolute atomic E-state index is 9.55. The fourth-order valence-electron chi connectivity index (χ4n) is 4.56. The molecule has 1 aliphatic carbocycles. The van der Waals surface area contributed by atoms with Crippen LogP contribution in [0.1, 0.15) is 42.7 Å². The fraction of sp³-hybridized carbons (Fsp3) is 0.417. The maximum Gasteiger partial charge on any atom is 0.118 e. The zero-order chi connectivity index (χ0) is 19.4. The summed E-state index contributed by atoms with van der Waals surface area (Å²) in [4.78, 5) is 1.38. The first-order valence-electron chi connectivity index (χ1n) is 10.1. The van der Waals surface area contributed by atoms with Crippen LogP contribution in [0, 0.1) is 5.92 Å². The molecule has 1 fully saturated rings. The molecule has 1 N–H and O–H groups in total. The van der Waals surface area contributed by atoms with Gasteiger partial charge in [-0.2, -0.15) is 0 Å². The summed E-state index contributed by atoms with van der Waals surface area (Å²) >= 11 is 4.03. The van der Waals surface area contributed by atoms with Crippen LogP contribution in [0.4, 0.5) is 0 Å². The van der Waals surface area contributed by atoms with Gasteiger partial charge in [0, 0.05) is 16.6 Å². The van der Waals surface area contributed by atoms with Crippen molar-refractivity contribution >= 4 is 28.4 Å². The Bertz CT molecular complexity index is 803. The summed E-state index contributed by atoms with van der Waals surface area (Å²) in [5.41, 5.74) is 2.68. The number of thioether (sulfide) groups is 2. The van der Waals surface area contributed by atoms with Crippen LogP contribution in [0.25, 0.3) is 4.91 Å². The lowest BCUT2D eigenvalue weighted by Crippen LogP contribution is -2.40. The van der Waals surface area contributed by atoms with Crippen LogP contribution in [-0.2, 0) is 0 Å². The zero-order valence-corrected chi connectivity index (χ0v) is 18.0. The highest BCUT2D eigenvalue weighted by atomic mass is 32.2. The third kappa shape index (κ3) is 4.00. The van der Waals surface area contributed by atoms with E-state index in [-0.39, 0.29) is 10.7 Å². The molecule has 1 aliphatic heterocycles. The van der Waals surface area contributed by atoms with Gasteiger partial charge in [0.2, 0.25) is 0 Å². The van der Waals surface area contributed by atoms with Crippen molar-refractivity contribution in [1.29, 1.82) is 0 Å². The molecular formula is C24H28O2S2. The number of allylic oxidation sites excluding steroid dienone is 1. The van der Waals surface area contributed by atoms with Gasteiger partial charge in [0.1, 0.15) is 5.75 Å². The minimum atomic E-state index is 0.144. The lowest BCUT2D eigenvalue weighted by molar-refractivity contribution is 0.311. The average molecular weight is 413 g/mol. The molecule has 1 saturated carbocycles. The summed E-state index contributed by atoms with van der Waals surface area (Å²) in [7, 11) is 1.72. The second-order valence-corrected chi connectivity index (χ2v) is 10.6. The molecule has 28 heavy (non-hydrogen) atoms. The monoisotopic (exact) mass is 412 g/mol. The van der Waals surface area contributed by atoms with Crippen LogP contribution in [0.3, 0.4) is 0 Å². The summed E-state index contributed by atoms with van der Waals surface area (Å²) in [6, 6.07) is 19.4. The Morgan fingerprint density at radius 3 is 2.61 bits per heavy atom. The smallest absolute Gasteiger partial charge is 0.118 e. The topological polar surface area (TPSA) is 29.5 Å². The molecule has 0 bridgehead atoms. The van der Waals surface area contributed by atoms with Gasteiger partial charge in [0.25, 0.3) is 0 Å². The van der Waals surface area contributed by atoms with Crippen molar-refractivity contribution in [3.63, 3.8) is 0 Å². The molecule has 148 valence electrons. The molecule has 0 amide bonds. The van der Waals surface area contributed by atoms with Crippen LogP contribution in [-0.4, -0.2) is 28.7 Å². The van der Waals surface area contributed by atoms with Gasteiger partial charge in [-0.05, 0) is 42.0 Å². The number of benzene rings is 2. The van der Waals surface area contributed by atoms with Crippen LogP contribution >= 0.6 is 23.5 Å². The minimum absolute atomic E-state index is 0.144. The van der Waals surface area contributed by atoms with Crippen molar-refractivity contribution < 1.29 is 9.84 Å². The van der Waals surface area contributed by atoms with E-state index in [1.165, 1.54) is 41.7 Å². The van der Waals surface area contributed by atoms with Gasteiger partial charge in [-0.25, -0.2) is 0 Å². The first-order chi connectivity index (χ1) is 13.8. The number of aliphatic hydroxyl groups is 1. The van der Waals surface area contributed by atoms with E-state index < -0.39 is 0 Å². The van der Waals surface area contributed by atoms with Crippen molar-refractivity contribution in [3.8, 4) is 5.75 Å². The zero-order valence-electron chi connectivity index (χ0n) is 16.3. The second kappa shape index (κ2) is 8.98. The molecule has 2 nitrogen and oxygen atoms in total. The largest absolute Gasteiger partial charge is 0.497 e. The summed E-state index contributed by atoms with van der Waals surface area (Å²) in [6.07, 6.45) is 7.53. The van der Waals surface area contributed by atoms with Crippen molar-refractivity contribution in [1.82, 2.24) is 0 Å². The summed E-state index contributed by atoms with van der Waals surface area (Å²) in [6.45, 7) is 0.247. The Morgan fingerprint density at radius 2 is 1.89 bits per heavy atom. The molecule has 0 aromatic heterocycles. The van der Waals surface area contributed by atoms with Crippen LogP contribution in [0.5, 0.6) is 5.75 Å². The van der Waals surface area contributed by atoms with Crippen molar-refractivity contribution in [2.45, 2.75) is 35.7 Å². The molecule has 3 unspecified atom stereocenters. The quantitative estimate of drug-likeness (QED) is 0.613. The normalized spacial score (nSPS) is 27.0. The average Bonchev–Trinajstić information content (AvgIpc) is 2.77. The summed E-state index contributed by atoms with van der Waals surface area (Å²) in [5, 5.41) is 9.55. The number of fused-ring (bicyclic) bond motifs is 1. The standard InChI is InChI=1S/C24H28O2S2/c1-26-20-12-10-18(11-13-20)21-17-23(19-7-3-2-4-8-19)28-24(27-16-15-25)14-6-5-9-22(21)24/h2-4,7-8,10-13,17,21-22,25H,5-6,9,14-16H2,1H3. The van der Waals surface area contributed by atoms with Gasteiger partial charge in [-0.3, -0.25) is 0 Å². The number of hydrogen-bond donors (Lipinski definition) is 1. The molecule has 4 heteroatoms. The molecule has 2 aromatic rings. The number of aliphatic hydroxyl groups excluding tert-OH is 1. The van der Waals surface area contributed by atoms with E-state index >= 15 is 0 Å². The summed E-state index contributed by atoms with van der Waals surface area (Å²) in [5.74, 6) is 2.70. The van der Waals surface area contributed by atoms with Gasteiger partial charge < -0.3 is 9.84 Å². The second-order valence-electron chi connectivity index (χ2n) is 7.53.